The lowest BCUT2D eigenvalue weighted by Crippen LogP contribution is -2.51. The van der Waals surface area contributed by atoms with Crippen LogP contribution in [0.3, 0.4) is 0 Å². The number of benzene rings is 1. The Hall–Kier alpha value is -3.35. The highest BCUT2D eigenvalue weighted by Crippen LogP contribution is 2.25. The molecule has 7 heteroatoms. The fraction of sp³-hybridized carbons (Fsp3) is 0.348. The van der Waals surface area contributed by atoms with E-state index in [1.54, 1.807) is 29.4 Å². The van der Waals surface area contributed by atoms with Crippen LogP contribution in [0.4, 0.5) is 0 Å². The number of amides is 2. The Kier molecular flexibility index (Phi) is 5.70. The van der Waals surface area contributed by atoms with E-state index >= 15 is 0 Å². The van der Waals surface area contributed by atoms with Gasteiger partial charge in [-0.3, -0.25) is 9.59 Å². The van der Waals surface area contributed by atoms with Crippen LogP contribution in [0.1, 0.15) is 46.6 Å². The molecule has 1 aromatic carbocycles. The van der Waals surface area contributed by atoms with Gasteiger partial charge in [-0.15, -0.1) is 0 Å². The number of rotatable bonds is 5. The summed E-state index contributed by atoms with van der Waals surface area (Å²) in [4.78, 5) is 27.5. The van der Waals surface area contributed by atoms with Gasteiger partial charge in [-0.05, 0) is 62.4 Å². The van der Waals surface area contributed by atoms with Crippen molar-refractivity contribution in [2.45, 2.75) is 45.7 Å². The lowest BCUT2D eigenvalue weighted by Gasteiger charge is -2.34. The zero-order chi connectivity index (χ0) is 21.1. The monoisotopic (exact) mass is 407 g/mol. The van der Waals surface area contributed by atoms with Crippen LogP contribution in [-0.2, 0) is 11.3 Å². The lowest BCUT2D eigenvalue weighted by atomic mass is 10.0. The summed E-state index contributed by atoms with van der Waals surface area (Å²) in [6, 6.07) is 10.7. The van der Waals surface area contributed by atoms with Crippen LogP contribution in [-0.4, -0.2) is 34.5 Å². The lowest BCUT2D eigenvalue weighted by molar-refractivity contribution is -0.126. The van der Waals surface area contributed by atoms with Crippen LogP contribution in [0.5, 0.6) is 0 Å². The molecule has 1 saturated heterocycles. The van der Waals surface area contributed by atoms with Gasteiger partial charge in [0, 0.05) is 18.2 Å². The molecule has 0 aliphatic carbocycles. The van der Waals surface area contributed by atoms with Crippen molar-refractivity contribution in [3.63, 3.8) is 0 Å². The Morgan fingerprint density at radius 1 is 1.17 bits per heavy atom. The standard InChI is InChI=1S/C23H25N3O4/c1-15-8-9-17(12-16(15)2)21-13-19(25-30-21)23(28)26-10-4-3-7-20(26)22(27)24-14-18-6-5-11-29-18/h5-6,8-9,11-13,20H,3-4,7,10,14H2,1-2H3,(H,24,27)/t20-/m0/s1. The minimum absolute atomic E-state index is 0.183. The summed E-state index contributed by atoms with van der Waals surface area (Å²) in [6.45, 7) is 4.89. The van der Waals surface area contributed by atoms with Crippen LogP contribution in [0, 0.1) is 13.8 Å². The predicted octanol–water partition coefficient (Wildman–Crippen LogP) is 3.86. The van der Waals surface area contributed by atoms with Crippen molar-refractivity contribution in [1.29, 1.82) is 0 Å². The molecule has 0 bridgehead atoms. The normalized spacial score (nSPS) is 16.5. The summed E-state index contributed by atoms with van der Waals surface area (Å²) >= 11 is 0. The van der Waals surface area contributed by atoms with E-state index in [2.05, 4.69) is 10.5 Å². The van der Waals surface area contributed by atoms with Crippen LogP contribution < -0.4 is 5.32 Å². The van der Waals surface area contributed by atoms with Crippen molar-refractivity contribution < 1.29 is 18.5 Å². The number of nitrogens with zero attached hydrogens (tertiary/aromatic N) is 2. The van der Waals surface area contributed by atoms with Gasteiger partial charge in [0.15, 0.2) is 11.5 Å². The summed E-state index contributed by atoms with van der Waals surface area (Å²) in [7, 11) is 0. The van der Waals surface area contributed by atoms with E-state index in [1.807, 2.05) is 32.0 Å². The molecule has 2 amide bonds. The quantitative estimate of drug-likeness (QED) is 0.694. The number of carbonyl (C=O) groups is 2. The molecule has 4 rings (SSSR count). The Labute approximate surface area is 175 Å². The molecule has 3 heterocycles. The minimum Gasteiger partial charge on any atom is -0.467 e. The second-order valence-corrected chi connectivity index (χ2v) is 7.68. The summed E-state index contributed by atoms with van der Waals surface area (Å²) in [5, 5.41) is 6.85. The Morgan fingerprint density at radius 2 is 2.03 bits per heavy atom. The van der Waals surface area contributed by atoms with Crippen molar-refractivity contribution in [3.8, 4) is 11.3 Å². The van der Waals surface area contributed by atoms with Gasteiger partial charge in [-0.2, -0.15) is 0 Å². The maximum atomic E-state index is 13.1. The van der Waals surface area contributed by atoms with Crippen LogP contribution in [0.15, 0.2) is 51.6 Å². The first-order valence-corrected chi connectivity index (χ1v) is 10.2. The van der Waals surface area contributed by atoms with Gasteiger partial charge < -0.3 is 19.2 Å². The second kappa shape index (κ2) is 8.57. The SMILES string of the molecule is Cc1ccc(-c2cc(C(=O)N3CCCC[C@H]3C(=O)NCc3ccco3)no2)cc1C. The van der Waals surface area contributed by atoms with E-state index in [1.165, 1.54) is 5.56 Å². The van der Waals surface area contributed by atoms with Crippen molar-refractivity contribution >= 4 is 11.8 Å². The van der Waals surface area contributed by atoms with Gasteiger partial charge in [0.25, 0.3) is 5.91 Å². The van der Waals surface area contributed by atoms with Crippen molar-refractivity contribution in [3.05, 3.63) is 65.2 Å². The third kappa shape index (κ3) is 4.15. The maximum absolute atomic E-state index is 13.1. The average Bonchev–Trinajstić information content (AvgIpc) is 3.46. The van der Waals surface area contributed by atoms with Crippen molar-refractivity contribution in [2.75, 3.05) is 6.54 Å². The summed E-state index contributed by atoms with van der Waals surface area (Å²) < 4.78 is 10.7. The molecule has 1 atom stereocenters. The predicted molar refractivity (Wildman–Crippen MR) is 111 cm³/mol. The zero-order valence-electron chi connectivity index (χ0n) is 17.2. The summed E-state index contributed by atoms with van der Waals surface area (Å²) in [5.74, 6) is 0.743. The molecule has 1 fully saturated rings. The number of aryl methyl sites for hydroxylation is 2. The van der Waals surface area contributed by atoms with Gasteiger partial charge in [-0.25, -0.2) is 0 Å². The molecule has 1 N–H and O–H groups in total. The van der Waals surface area contributed by atoms with E-state index in [0.29, 0.717) is 31.0 Å². The van der Waals surface area contributed by atoms with E-state index in [4.69, 9.17) is 8.94 Å². The van der Waals surface area contributed by atoms with Gasteiger partial charge in [0.2, 0.25) is 5.91 Å². The van der Waals surface area contributed by atoms with Gasteiger partial charge in [-0.1, -0.05) is 17.3 Å². The van der Waals surface area contributed by atoms with Crippen LogP contribution in [0.25, 0.3) is 11.3 Å². The summed E-state index contributed by atoms with van der Waals surface area (Å²) in [5.41, 5.74) is 3.41. The number of furan rings is 1. The molecule has 2 aromatic heterocycles. The number of hydrogen-bond donors (Lipinski definition) is 1. The largest absolute Gasteiger partial charge is 0.467 e. The maximum Gasteiger partial charge on any atom is 0.276 e. The highest BCUT2D eigenvalue weighted by atomic mass is 16.5. The molecule has 1 aliphatic heterocycles. The number of hydrogen-bond acceptors (Lipinski definition) is 5. The molecule has 0 unspecified atom stereocenters. The van der Waals surface area contributed by atoms with Gasteiger partial charge in [0.1, 0.15) is 11.8 Å². The Bertz CT molecular complexity index is 1040. The van der Waals surface area contributed by atoms with Crippen molar-refractivity contribution in [2.24, 2.45) is 0 Å². The number of nitrogens with one attached hydrogen (secondary N) is 1. The Balaban J connectivity index is 1.48. The third-order valence-corrected chi connectivity index (χ3v) is 5.60. The topological polar surface area (TPSA) is 88.6 Å². The molecule has 3 aromatic rings. The van der Waals surface area contributed by atoms with E-state index in [0.717, 1.165) is 24.0 Å². The first-order chi connectivity index (χ1) is 14.5. The van der Waals surface area contributed by atoms with E-state index in [-0.39, 0.29) is 17.5 Å². The first-order valence-electron chi connectivity index (χ1n) is 10.2. The molecule has 1 aliphatic rings. The number of likely N-dealkylation sites (tertiary alicyclic amines) is 1. The molecular formula is C23H25N3O4. The summed E-state index contributed by atoms with van der Waals surface area (Å²) in [6.07, 6.45) is 3.94. The Morgan fingerprint density at radius 3 is 2.80 bits per heavy atom. The molecule has 0 radical (unpaired) electrons. The van der Waals surface area contributed by atoms with E-state index in [9.17, 15) is 9.59 Å². The highest BCUT2D eigenvalue weighted by Gasteiger charge is 2.34. The second-order valence-electron chi connectivity index (χ2n) is 7.68. The third-order valence-electron chi connectivity index (χ3n) is 5.60. The van der Waals surface area contributed by atoms with Crippen LogP contribution >= 0.6 is 0 Å². The number of aromatic nitrogens is 1. The number of carbonyl (C=O) groups excluding carboxylic acids is 2. The fourth-order valence-corrected chi connectivity index (χ4v) is 3.71. The fourth-order valence-electron chi connectivity index (χ4n) is 3.71. The molecule has 7 nitrogen and oxygen atoms in total. The minimum atomic E-state index is -0.525. The molecular weight excluding hydrogens is 382 g/mol. The molecule has 0 saturated carbocycles. The van der Waals surface area contributed by atoms with Crippen molar-refractivity contribution in [1.82, 2.24) is 15.4 Å². The first kappa shape index (κ1) is 19.9. The van der Waals surface area contributed by atoms with Gasteiger partial charge >= 0.3 is 0 Å². The highest BCUT2D eigenvalue weighted by molar-refractivity contribution is 5.96. The van der Waals surface area contributed by atoms with Gasteiger partial charge in [0.05, 0.1) is 12.8 Å². The number of piperidine rings is 1. The smallest absolute Gasteiger partial charge is 0.276 e. The molecule has 0 spiro atoms. The van der Waals surface area contributed by atoms with Crippen LogP contribution in [0.2, 0.25) is 0 Å². The molecule has 156 valence electrons. The average molecular weight is 407 g/mol. The molecule has 30 heavy (non-hydrogen) atoms. The zero-order valence-corrected chi connectivity index (χ0v) is 17.2. The van der Waals surface area contributed by atoms with E-state index < -0.39 is 6.04 Å².